The first kappa shape index (κ1) is 15.7. The number of hydrogen-bond acceptors (Lipinski definition) is 2. The van der Waals surface area contributed by atoms with E-state index >= 15 is 0 Å². The Balaban J connectivity index is 1.71. The smallest absolute Gasteiger partial charge is 0.186 e. The molecule has 0 spiro atoms. The SMILES string of the molecule is S=C(NCCc1ccccc1)N/N=C/c1ccccc1Br. The van der Waals surface area contributed by atoms with Gasteiger partial charge in [-0.05, 0) is 30.3 Å². The predicted octanol–water partition coefficient (Wildman–Crippen LogP) is 3.49. The van der Waals surface area contributed by atoms with Gasteiger partial charge in [0.1, 0.15) is 0 Å². The molecule has 0 saturated heterocycles. The van der Waals surface area contributed by atoms with Crippen LogP contribution in [0.3, 0.4) is 0 Å². The van der Waals surface area contributed by atoms with E-state index in [9.17, 15) is 0 Å². The quantitative estimate of drug-likeness (QED) is 0.486. The lowest BCUT2D eigenvalue weighted by Gasteiger charge is -2.06. The highest BCUT2D eigenvalue weighted by Crippen LogP contribution is 2.13. The lowest BCUT2D eigenvalue weighted by molar-refractivity contribution is 0.838. The fourth-order valence-electron chi connectivity index (χ4n) is 1.74. The van der Waals surface area contributed by atoms with Gasteiger partial charge in [-0.2, -0.15) is 5.10 Å². The summed E-state index contributed by atoms with van der Waals surface area (Å²) in [5, 5.41) is 7.77. The number of nitrogens with one attached hydrogen (secondary N) is 2. The van der Waals surface area contributed by atoms with Crippen molar-refractivity contribution in [3.8, 4) is 0 Å². The van der Waals surface area contributed by atoms with Crippen molar-refractivity contribution in [1.29, 1.82) is 0 Å². The number of rotatable bonds is 5. The third-order valence-electron chi connectivity index (χ3n) is 2.82. The second kappa shape index (κ2) is 8.54. The topological polar surface area (TPSA) is 36.4 Å². The first-order chi connectivity index (χ1) is 10.3. The molecule has 3 nitrogen and oxygen atoms in total. The van der Waals surface area contributed by atoms with Crippen molar-refractivity contribution in [3.63, 3.8) is 0 Å². The number of benzene rings is 2. The molecule has 0 atom stereocenters. The van der Waals surface area contributed by atoms with Crippen molar-refractivity contribution < 1.29 is 0 Å². The second-order valence-corrected chi connectivity index (χ2v) is 5.65. The minimum atomic E-state index is 0.522. The molecule has 0 unspecified atom stereocenters. The zero-order chi connectivity index (χ0) is 14.9. The maximum atomic E-state index is 5.17. The van der Waals surface area contributed by atoms with E-state index in [0.717, 1.165) is 23.0 Å². The van der Waals surface area contributed by atoms with Crippen LogP contribution in [0.1, 0.15) is 11.1 Å². The van der Waals surface area contributed by atoms with Gasteiger partial charge in [-0.1, -0.05) is 64.5 Å². The lowest BCUT2D eigenvalue weighted by Crippen LogP contribution is -2.33. The fraction of sp³-hybridized carbons (Fsp3) is 0.125. The van der Waals surface area contributed by atoms with Crippen molar-refractivity contribution in [2.45, 2.75) is 6.42 Å². The number of halogens is 1. The van der Waals surface area contributed by atoms with Gasteiger partial charge in [-0.15, -0.1) is 0 Å². The molecule has 0 saturated carbocycles. The number of hydrogen-bond donors (Lipinski definition) is 2. The van der Waals surface area contributed by atoms with E-state index in [0.29, 0.717) is 5.11 Å². The molecular formula is C16H16BrN3S. The van der Waals surface area contributed by atoms with Crippen molar-refractivity contribution >= 4 is 39.5 Å². The van der Waals surface area contributed by atoms with E-state index in [1.165, 1.54) is 5.56 Å². The monoisotopic (exact) mass is 361 g/mol. The molecule has 2 aromatic rings. The zero-order valence-corrected chi connectivity index (χ0v) is 13.8. The summed E-state index contributed by atoms with van der Waals surface area (Å²) in [7, 11) is 0. The van der Waals surface area contributed by atoms with Crippen LogP contribution in [0.15, 0.2) is 64.2 Å². The fourth-order valence-corrected chi connectivity index (χ4v) is 2.29. The normalized spacial score (nSPS) is 10.5. The van der Waals surface area contributed by atoms with E-state index in [1.807, 2.05) is 42.5 Å². The van der Waals surface area contributed by atoms with Gasteiger partial charge in [0.05, 0.1) is 6.21 Å². The largest absolute Gasteiger partial charge is 0.361 e. The third-order valence-corrected chi connectivity index (χ3v) is 3.77. The van der Waals surface area contributed by atoms with Gasteiger partial charge in [0.25, 0.3) is 0 Å². The Labute approximate surface area is 138 Å². The Morgan fingerprint density at radius 1 is 1.10 bits per heavy atom. The van der Waals surface area contributed by atoms with Crippen LogP contribution in [0.2, 0.25) is 0 Å². The molecule has 5 heteroatoms. The molecule has 0 fully saturated rings. The molecular weight excluding hydrogens is 346 g/mol. The van der Waals surface area contributed by atoms with Crippen molar-refractivity contribution in [3.05, 3.63) is 70.2 Å². The molecule has 0 radical (unpaired) electrons. The van der Waals surface area contributed by atoms with Crippen molar-refractivity contribution in [2.24, 2.45) is 5.10 Å². The molecule has 21 heavy (non-hydrogen) atoms. The number of hydrazone groups is 1. The Hall–Kier alpha value is -1.72. The summed E-state index contributed by atoms with van der Waals surface area (Å²) in [6, 6.07) is 18.2. The van der Waals surface area contributed by atoms with Crippen LogP contribution in [0, 0.1) is 0 Å². The van der Waals surface area contributed by atoms with Gasteiger partial charge in [0.15, 0.2) is 5.11 Å². The summed E-state index contributed by atoms with van der Waals surface area (Å²) in [6.07, 6.45) is 2.66. The maximum Gasteiger partial charge on any atom is 0.186 e. The predicted molar refractivity (Wildman–Crippen MR) is 95.6 cm³/mol. The van der Waals surface area contributed by atoms with Gasteiger partial charge in [0.2, 0.25) is 0 Å². The summed E-state index contributed by atoms with van der Waals surface area (Å²) in [5.74, 6) is 0. The second-order valence-electron chi connectivity index (χ2n) is 4.38. The molecule has 2 rings (SSSR count). The van der Waals surface area contributed by atoms with Gasteiger partial charge < -0.3 is 5.32 Å². The molecule has 0 aliphatic heterocycles. The summed E-state index contributed by atoms with van der Waals surface area (Å²) in [5.41, 5.74) is 5.09. The van der Waals surface area contributed by atoms with Crippen molar-refractivity contribution in [2.75, 3.05) is 6.54 Å². The molecule has 2 aromatic carbocycles. The summed E-state index contributed by atoms with van der Waals surface area (Å²) >= 11 is 8.63. The standard InChI is InChI=1S/C16H16BrN3S/c17-15-9-5-4-8-14(15)12-19-20-16(21)18-11-10-13-6-2-1-3-7-13/h1-9,12H,10-11H2,(H2,18,20,21)/b19-12+. The number of thiocarbonyl (C=S) groups is 1. The van der Waals surface area contributed by atoms with Crippen LogP contribution >= 0.6 is 28.1 Å². The van der Waals surface area contributed by atoms with Crippen LogP contribution < -0.4 is 10.7 Å². The Morgan fingerprint density at radius 2 is 1.81 bits per heavy atom. The van der Waals surface area contributed by atoms with Crippen molar-refractivity contribution in [1.82, 2.24) is 10.7 Å². The molecule has 0 heterocycles. The molecule has 0 bridgehead atoms. The maximum absolute atomic E-state index is 5.17. The highest BCUT2D eigenvalue weighted by molar-refractivity contribution is 9.10. The Bertz CT molecular complexity index is 614. The minimum absolute atomic E-state index is 0.522. The average Bonchev–Trinajstić information content (AvgIpc) is 2.50. The molecule has 0 aliphatic carbocycles. The summed E-state index contributed by atoms with van der Waals surface area (Å²) in [4.78, 5) is 0. The molecule has 2 N–H and O–H groups in total. The average molecular weight is 362 g/mol. The minimum Gasteiger partial charge on any atom is -0.361 e. The van der Waals surface area contributed by atoms with E-state index in [4.69, 9.17) is 12.2 Å². The van der Waals surface area contributed by atoms with E-state index < -0.39 is 0 Å². The van der Waals surface area contributed by atoms with E-state index in [2.05, 4.69) is 43.9 Å². The van der Waals surface area contributed by atoms with E-state index in [1.54, 1.807) is 6.21 Å². The van der Waals surface area contributed by atoms with E-state index in [-0.39, 0.29) is 0 Å². The summed E-state index contributed by atoms with van der Waals surface area (Å²) < 4.78 is 0.999. The van der Waals surface area contributed by atoms with Crippen LogP contribution in [-0.2, 0) is 6.42 Å². The first-order valence-corrected chi connectivity index (χ1v) is 7.81. The molecule has 0 amide bonds. The third kappa shape index (κ3) is 5.65. The number of nitrogens with zero attached hydrogens (tertiary/aromatic N) is 1. The lowest BCUT2D eigenvalue weighted by atomic mass is 10.1. The Morgan fingerprint density at radius 3 is 2.57 bits per heavy atom. The summed E-state index contributed by atoms with van der Waals surface area (Å²) in [6.45, 7) is 0.778. The van der Waals surface area contributed by atoms with Gasteiger partial charge >= 0.3 is 0 Å². The van der Waals surface area contributed by atoms with Crippen LogP contribution in [0.4, 0.5) is 0 Å². The van der Waals surface area contributed by atoms with Crippen LogP contribution in [0.5, 0.6) is 0 Å². The zero-order valence-electron chi connectivity index (χ0n) is 11.4. The van der Waals surface area contributed by atoms with Gasteiger partial charge in [-0.3, -0.25) is 5.43 Å². The molecule has 108 valence electrons. The van der Waals surface area contributed by atoms with Crippen LogP contribution in [0.25, 0.3) is 0 Å². The highest BCUT2D eigenvalue weighted by atomic mass is 79.9. The first-order valence-electron chi connectivity index (χ1n) is 6.61. The Kier molecular flexibility index (Phi) is 6.37. The van der Waals surface area contributed by atoms with Gasteiger partial charge in [0, 0.05) is 16.6 Å². The van der Waals surface area contributed by atoms with Crippen LogP contribution in [-0.4, -0.2) is 17.9 Å². The highest BCUT2D eigenvalue weighted by Gasteiger charge is 1.96. The molecule has 0 aliphatic rings. The van der Waals surface area contributed by atoms with Gasteiger partial charge in [-0.25, -0.2) is 0 Å². The molecule has 0 aromatic heterocycles.